The Morgan fingerprint density at radius 3 is 2.24 bits per heavy atom. The molecule has 2 aromatic rings. The molecule has 0 radical (unpaired) electrons. The summed E-state index contributed by atoms with van der Waals surface area (Å²) in [5, 5.41) is 5.36. The molecule has 2 rings (SSSR count). The zero-order chi connectivity index (χ0) is 15.5. The Balaban J connectivity index is 2.17. The molecule has 0 bridgehead atoms. The van der Waals surface area contributed by atoms with E-state index in [0.29, 0.717) is 16.9 Å². The molecule has 0 atom stereocenters. The van der Waals surface area contributed by atoms with Crippen LogP contribution in [-0.2, 0) is 6.18 Å². The zero-order valence-electron chi connectivity index (χ0n) is 11.2. The van der Waals surface area contributed by atoms with E-state index >= 15 is 0 Å². The monoisotopic (exact) mass is 294 g/mol. The number of hydrogen-bond acceptors (Lipinski definition) is 2. The second-order valence-electron chi connectivity index (χ2n) is 4.36. The molecule has 3 nitrogen and oxygen atoms in total. The third kappa shape index (κ3) is 3.75. The van der Waals surface area contributed by atoms with E-state index in [2.05, 4.69) is 10.6 Å². The number of alkyl halides is 3. The highest BCUT2D eigenvalue weighted by molar-refractivity contribution is 5.94. The van der Waals surface area contributed by atoms with Crippen LogP contribution in [0.25, 0.3) is 0 Å². The van der Waals surface area contributed by atoms with Gasteiger partial charge in [0.15, 0.2) is 0 Å². The van der Waals surface area contributed by atoms with Crippen molar-refractivity contribution in [1.29, 1.82) is 0 Å². The van der Waals surface area contributed by atoms with E-state index in [9.17, 15) is 18.0 Å². The average Bonchev–Trinajstić information content (AvgIpc) is 2.47. The van der Waals surface area contributed by atoms with Crippen LogP contribution in [-0.4, -0.2) is 13.0 Å². The van der Waals surface area contributed by atoms with Crippen molar-refractivity contribution in [1.82, 2.24) is 5.32 Å². The lowest BCUT2D eigenvalue weighted by atomic mass is 10.1. The number of carbonyl (C=O) groups is 1. The van der Waals surface area contributed by atoms with Crippen molar-refractivity contribution < 1.29 is 18.0 Å². The van der Waals surface area contributed by atoms with Crippen LogP contribution in [0.1, 0.15) is 15.9 Å². The summed E-state index contributed by atoms with van der Waals surface area (Å²) in [6.45, 7) is 0. The summed E-state index contributed by atoms with van der Waals surface area (Å²) >= 11 is 0. The Hall–Kier alpha value is -2.50. The summed E-state index contributed by atoms with van der Waals surface area (Å²) < 4.78 is 37.8. The maximum absolute atomic E-state index is 12.6. The molecule has 0 aromatic heterocycles. The molecule has 21 heavy (non-hydrogen) atoms. The molecule has 0 unspecified atom stereocenters. The molecule has 0 saturated heterocycles. The third-order valence-electron chi connectivity index (χ3n) is 2.85. The molecular formula is C15H13F3N2O. The van der Waals surface area contributed by atoms with Crippen molar-refractivity contribution in [3.63, 3.8) is 0 Å². The number of rotatable bonds is 3. The molecule has 0 saturated carbocycles. The third-order valence-corrected chi connectivity index (χ3v) is 2.85. The molecule has 2 N–H and O–H groups in total. The molecule has 0 aliphatic rings. The number of amides is 1. The van der Waals surface area contributed by atoms with Crippen molar-refractivity contribution in [2.24, 2.45) is 0 Å². The Bertz CT molecular complexity index is 636. The summed E-state index contributed by atoms with van der Waals surface area (Å²) in [5.74, 6) is -0.222. The van der Waals surface area contributed by atoms with Gasteiger partial charge in [0, 0.05) is 24.0 Å². The van der Waals surface area contributed by atoms with Gasteiger partial charge in [0.2, 0.25) is 0 Å². The number of anilines is 2. The standard InChI is InChI=1S/C15H13F3N2O/c1-19-14(21)10-5-7-12(8-6-10)20-13-4-2-3-11(9-13)15(16,17)18/h2-9,20H,1H3,(H,19,21). The van der Waals surface area contributed by atoms with Gasteiger partial charge in [0.05, 0.1) is 5.56 Å². The second kappa shape index (κ2) is 5.87. The molecule has 1 amide bonds. The van der Waals surface area contributed by atoms with Crippen LogP contribution in [0.4, 0.5) is 24.5 Å². The van der Waals surface area contributed by atoms with Crippen LogP contribution in [0.3, 0.4) is 0 Å². The Labute approximate surface area is 119 Å². The van der Waals surface area contributed by atoms with Crippen LogP contribution in [0, 0.1) is 0 Å². The highest BCUT2D eigenvalue weighted by atomic mass is 19.4. The minimum Gasteiger partial charge on any atom is -0.356 e. The van der Waals surface area contributed by atoms with Gasteiger partial charge in [-0.15, -0.1) is 0 Å². The van der Waals surface area contributed by atoms with E-state index in [1.807, 2.05) is 0 Å². The SMILES string of the molecule is CNC(=O)c1ccc(Nc2cccc(C(F)(F)F)c2)cc1. The van der Waals surface area contributed by atoms with Crippen molar-refractivity contribution >= 4 is 17.3 Å². The number of halogens is 3. The Kier molecular flexibility index (Phi) is 4.16. The second-order valence-corrected chi connectivity index (χ2v) is 4.36. The number of nitrogens with one attached hydrogen (secondary N) is 2. The molecule has 0 fully saturated rings. The van der Waals surface area contributed by atoms with Gasteiger partial charge < -0.3 is 10.6 Å². The number of hydrogen-bond donors (Lipinski definition) is 2. The summed E-state index contributed by atoms with van der Waals surface area (Å²) in [6.07, 6.45) is -4.37. The molecule has 0 aliphatic heterocycles. The summed E-state index contributed by atoms with van der Waals surface area (Å²) in [7, 11) is 1.52. The average molecular weight is 294 g/mol. The van der Waals surface area contributed by atoms with Crippen LogP contribution < -0.4 is 10.6 Å². The highest BCUT2D eigenvalue weighted by Crippen LogP contribution is 2.31. The predicted octanol–water partition coefficient (Wildman–Crippen LogP) is 3.81. The minimum atomic E-state index is -4.37. The first-order chi connectivity index (χ1) is 9.90. The van der Waals surface area contributed by atoms with Gasteiger partial charge in [-0.2, -0.15) is 13.2 Å². The summed E-state index contributed by atoms with van der Waals surface area (Å²) in [6, 6.07) is 11.4. The van der Waals surface area contributed by atoms with Crippen LogP contribution in [0.15, 0.2) is 48.5 Å². The van der Waals surface area contributed by atoms with E-state index in [1.54, 1.807) is 30.3 Å². The van der Waals surface area contributed by atoms with Crippen molar-refractivity contribution in [3.05, 3.63) is 59.7 Å². The maximum Gasteiger partial charge on any atom is 0.416 e. The first-order valence-corrected chi connectivity index (χ1v) is 6.16. The first kappa shape index (κ1) is 14.9. The molecule has 0 aliphatic carbocycles. The molecule has 0 spiro atoms. The van der Waals surface area contributed by atoms with Gasteiger partial charge >= 0.3 is 6.18 Å². The molecule has 110 valence electrons. The minimum absolute atomic E-state index is 0.222. The Morgan fingerprint density at radius 2 is 1.67 bits per heavy atom. The summed E-state index contributed by atoms with van der Waals surface area (Å²) in [4.78, 5) is 11.4. The fraction of sp³-hybridized carbons (Fsp3) is 0.133. The van der Waals surface area contributed by atoms with E-state index in [0.717, 1.165) is 12.1 Å². The van der Waals surface area contributed by atoms with E-state index < -0.39 is 11.7 Å². The van der Waals surface area contributed by atoms with Crippen LogP contribution in [0.2, 0.25) is 0 Å². The maximum atomic E-state index is 12.6. The highest BCUT2D eigenvalue weighted by Gasteiger charge is 2.30. The fourth-order valence-electron chi connectivity index (χ4n) is 1.79. The number of benzene rings is 2. The zero-order valence-corrected chi connectivity index (χ0v) is 11.2. The molecule has 2 aromatic carbocycles. The Morgan fingerprint density at radius 1 is 1.00 bits per heavy atom. The number of carbonyl (C=O) groups excluding carboxylic acids is 1. The fourth-order valence-corrected chi connectivity index (χ4v) is 1.79. The molecule has 0 heterocycles. The topological polar surface area (TPSA) is 41.1 Å². The largest absolute Gasteiger partial charge is 0.416 e. The van der Waals surface area contributed by atoms with E-state index in [-0.39, 0.29) is 5.91 Å². The lowest BCUT2D eigenvalue weighted by Gasteiger charge is -2.11. The van der Waals surface area contributed by atoms with Gasteiger partial charge in [-0.3, -0.25) is 4.79 Å². The smallest absolute Gasteiger partial charge is 0.356 e. The van der Waals surface area contributed by atoms with E-state index in [1.165, 1.54) is 13.1 Å². The summed E-state index contributed by atoms with van der Waals surface area (Å²) in [5.41, 5.74) is 0.695. The van der Waals surface area contributed by atoms with Gasteiger partial charge in [0.25, 0.3) is 5.91 Å². The first-order valence-electron chi connectivity index (χ1n) is 6.16. The molecular weight excluding hydrogens is 281 g/mol. The van der Waals surface area contributed by atoms with Crippen LogP contribution >= 0.6 is 0 Å². The van der Waals surface area contributed by atoms with Crippen molar-refractivity contribution in [3.8, 4) is 0 Å². The van der Waals surface area contributed by atoms with Gasteiger partial charge in [-0.1, -0.05) is 6.07 Å². The lowest BCUT2D eigenvalue weighted by Crippen LogP contribution is -2.17. The van der Waals surface area contributed by atoms with Gasteiger partial charge in [0.1, 0.15) is 0 Å². The van der Waals surface area contributed by atoms with Gasteiger partial charge in [-0.25, -0.2) is 0 Å². The van der Waals surface area contributed by atoms with Gasteiger partial charge in [-0.05, 0) is 42.5 Å². The van der Waals surface area contributed by atoms with Crippen molar-refractivity contribution in [2.75, 3.05) is 12.4 Å². The normalized spacial score (nSPS) is 11.0. The van der Waals surface area contributed by atoms with Crippen molar-refractivity contribution in [2.45, 2.75) is 6.18 Å². The van der Waals surface area contributed by atoms with Crippen LogP contribution in [0.5, 0.6) is 0 Å². The lowest BCUT2D eigenvalue weighted by molar-refractivity contribution is -0.137. The van der Waals surface area contributed by atoms with E-state index in [4.69, 9.17) is 0 Å². The predicted molar refractivity (Wildman–Crippen MR) is 74.6 cm³/mol. The quantitative estimate of drug-likeness (QED) is 0.904. The molecule has 6 heteroatoms.